The van der Waals surface area contributed by atoms with Gasteiger partial charge in [0.2, 0.25) is 0 Å². The molecule has 1 aromatic carbocycles. The largest absolute Gasteiger partial charge is 0.384 e. The van der Waals surface area contributed by atoms with Gasteiger partial charge < -0.3 is 15.7 Å². The number of aromatic nitrogens is 1. The van der Waals surface area contributed by atoms with Gasteiger partial charge in [0, 0.05) is 17.6 Å². The lowest BCUT2D eigenvalue weighted by Gasteiger charge is -2.25. The molecule has 0 radical (unpaired) electrons. The molecule has 0 fully saturated rings. The Kier molecular flexibility index (Phi) is 6.12. The zero-order valence-corrected chi connectivity index (χ0v) is 14.7. The number of aryl methyl sites for hydroxylation is 1. The number of hydrogen-bond acceptors (Lipinski definition) is 4. The summed E-state index contributed by atoms with van der Waals surface area (Å²) in [6.45, 7) is 7.51. The second-order valence-electron chi connectivity index (χ2n) is 5.55. The number of hydrogen-bond donors (Lipinski definition) is 3. The van der Waals surface area contributed by atoms with Gasteiger partial charge in [-0.05, 0) is 26.3 Å². The molecule has 1 atom stereocenters. The van der Waals surface area contributed by atoms with E-state index in [1.54, 1.807) is 18.3 Å². The molecule has 0 saturated carbocycles. The molecule has 0 saturated heterocycles. The summed E-state index contributed by atoms with van der Waals surface area (Å²) in [7, 11) is 0. The average molecular weight is 332 g/mol. The van der Waals surface area contributed by atoms with Crippen LogP contribution >= 0.6 is 11.3 Å². The minimum atomic E-state index is -0.963. The molecule has 0 aliphatic heterocycles. The van der Waals surface area contributed by atoms with E-state index in [1.165, 1.54) is 4.88 Å². The van der Waals surface area contributed by atoms with E-state index >= 15 is 0 Å². The van der Waals surface area contributed by atoms with Crippen molar-refractivity contribution >= 4 is 17.3 Å². The van der Waals surface area contributed by atoms with Gasteiger partial charge in [-0.2, -0.15) is 0 Å². The lowest BCUT2D eigenvalue weighted by Crippen LogP contribution is -2.44. The highest BCUT2D eigenvalue weighted by Gasteiger charge is 2.22. The van der Waals surface area contributed by atoms with E-state index < -0.39 is 5.60 Å². The van der Waals surface area contributed by atoms with E-state index in [-0.39, 0.29) is 0 Å². The fraction of sp³-hybridized carbons (Fsp3) is 0.412. The van der Waals surface area contributed by atoms with Crippen molar-refractivity contribution in [1.82, 2.24) is 15.6 Å². The quantitative estimate of drug-likeness (QED) is 0.561. The Hall–Kier alpha value is -1.92. The van der Waals surface area contributed by atoms with E-state index in [4.69, 9.17) is 0 Å². The summed E-state index contributed by atoms with van der Waals surface area (Å²) in [5.41, 5.74) is -0.0891. The zero-order chi connectivity index (χ0) is 16.7. The number of thiazole rings is 1. The van der Waals surface area contributed by atoms with Crippen LogP contribution in [0.3, 0.4) is 0 Å². The van der Waals surface area contributed by atoms with Crippen LogP contribution in [0.4, 0.5) is 0 Å². The Balaban J connectivity index is 1.98. The smallest absolute Gasteiger partial charge is 0.191 e. The van der Waals surface area contributed by atoms with Crippen LogP contribution in [0.5, 0.6) is 0 Å². The Morgan fingerprint density at radius 2 is 2.04 bits per heavy atom. The first-order chi connectivity index (χ1) is 11.0. The summed E-state index contributed by atoms with van der Waals surface area (Å²) in [5, 5.41) is 18.0. The van der Waals surface area contributed by atoms with E-state index in [2.05, 4.69) is 20.6 Å². The molecule has 2 rings (SSSR count). The second-order valence-corrected chi connectivity index (χ2v) is 6.87. The van der Waals surface area contributed by atoms with Gasteiger partial charge in [0.1, 0.15) is 10.6 Å². The van der Waals surface area contributed by atoms with Crippen LogP contribution in [0.1, 0.15) is 29.3 Å². The Morgan fingerprint density at radius 3 is 2.65 bits per heavy atom. The fourth-order valence-corrected chi connectivity index (χ4v) is 2.83. The summed E-state index contributed by atoms with van der Waals surface area (Å²) in [6, 6.07) is 9.63. The van der Waals surface area contributed by atoms with Gasteiger partial charge in [0.05, 0.1) is 13.1 Å². The molecule has 1 heterocycles. The normalized spacial score (nSPS) is 14.3. The molecule has 0 bridgehead atoms. The van der Waals surface area contributed by atoms with Crippen LogP contribution < -0.4 is 10.6 Å². The van der Waals surface area contributed by atoms with Crippen LogP contribution in [0, 0.1) is 6.92 Å². The van der Waals surface area contributed by atoms with Crippen molar-refractivity contribution in [1.29, 1.82) is 0 Å². The number of aliphatic imine (C=N–C) groups is 1. The number of aliphatic hydroxyl groups is 1. The molecule has 6 heteroatoms. The minimum absolute atomic E-state index is 0.375. The van der Waals surface area contributed by atoms with Crippen molar-refractivity contribution in [3.05, 3.63) is 52.0 Å². The molecule has 2 aromatic rings. The summed E-state index contributed by atoms with van der Waals surface area (Å²) in [4.78, 5) is 10.0. The third kappa shape index (κ3) is 5.33. The maximum absolute atomic E-state index is 10.6. The monoisotopic (exact) mass is 332 g/mol. The number of rotatable bonds is 6. The van der Waals surface area contributed by atoms with Crippen LogP contribution in [0.2, 0.25) is 0 Å². The minimum Gasteiger partial charge on any atom is -0.384 e. The van der Waals surface area contributed by atoms with Crippen molar-refractivity contribution in [2.24, 2.45) is 4.99 Å². The first-order valence-electron chi connectivity index (χ1n) is 7.72. The van der Waals surface area contributed by atoms with Gasteiger partial charge in [-0.15, -0.1) is 11.3 Å². The third-order valence-electron chi connectivity index (χ3n) is 3.38. The predicted molar refractivity (Wildman–Crippen MR) is 95.7 cm³/mol. The summed E-state index contributed by atoms with van der Waals surface area (Å²) < 4.78 is 0. The van der Waals surface area contributed by atoms with Gasteiger partial charge in [-0.25, -0.2) is 9.98 Å². The Labute approximate surface area is 141 Å². The molecular weight excluding hydrogens is 308 g/mol. The van der Waals surface area contributed by atoms with Gasteiger partial charge in [0.25, 0.3) is 0 Å². The molecule has 0 aliphatic carbocycles. The van der Waals surface area contributed by atoms with E-state index in [1.807, 2.05) is 50.4 Å². The molecule has 124 valence electrons. The molecule has 23 heavy (non-hydrogen) atoms. The highest BCUT2D eigenvalue weighted by Crippen LogP contribution is 2.18. The van der Waals surface area contributed by atoms with Crippen LogP contribution in [0.15, 0.2) is 41.5 Å². The molecule has 1 unspecified atom stereocenters. The van der Waals surface area contributed by atoms with E-state index in [0.29, 0.717) is 19.0 Å². The van der Waals surface area contributed by atoms with Gasteiger partial charge in [-0.3, -0.25) is 0 Å². The van der Waals surface area contributed by atoms with Crippen molar-refractivity contribution < 1.29 is 5.11 Å². The molecule has 0 spiro atoms. The summed E-state index contributed by atoms with van der Waals surface area (Å²) in [5.74, 6) is 0.677. The maximum Gasteiger partial charge on any atom is 0.191 e. The molecule has 5 nitrogen and oxygen atoms in total. The highest BCUT2D eigenvalue weighted by atomic mass is 32.1. The highest BCUT2D eigenvalue weighted by molar-refractivity contribution is 7.11. The fourth-order valence-electron chi connectivity index (χ4n) is 2.12. The van der Waals surface area contributed by atoms with Crippen LogP contribution in [-0.4, -0.2) is 29.1 Å². The van der Waals surface area contributed by atoms with Crippen LogP contribution in [0.25, 0.3) is 0 Å². The summed E-state index contributed by atoms with van der Waals surface area (Å²) >= 11 is 1.65. The van der Waals surface area contributed by atoms with Crippen molar-refractivity contribution in [2.75, 3.05) is 13.1 Å². The standard InChI is InChI=1S/C17H24N4OS/c1-4-18-16(20-11-15-19-10-13(2)23-15)21-12-17(3,22)14-8-6-5-7-9-14/h5-10,22H,4,11-12H2,1-3H3,(H2,18,20,21). The Bertz CT molecular complexity index is 637. The van der Waals surface area contributed by atoms with E-state index in [0.717, 1.165) is 17.1 Å². The second kappa shape index (κ2) is 8.08. The Morgan fingerprint density at radius 1 is 1.30 bits per heavy atom. The van der Waals surface area contributed by atoms with Crippen molar-refractivity contribution in [3.63, 3.8) is 0 Å². The van der Waals surface area contributed by atoms with Crippen LogP contribution in [-0.2, 0) is 12.1 Å². The lowest BCUT2D eigenvalue weighted by molar-refractivity contribution is 0.0617. The van der Waals surface area contributed by atoms with Crippen molar-refractivity contribution in [2.45, 2.75) is 32.9 Å². The first-order valence-corrected chi connectivity index (χ1v) is 8.54. The third-order valence-corrected chi connectivity index (χ3v) is 4.28. The first kappa shape index (κ1) is 17.4. The number of nitrogens with zero attached hydrogens (tertiary/aromatic N) is 2. The molecule has 1 aromatic heterocycles. The zero-order valence-electron chi connectivity index (χ0n) is 13.8. The lowest BCUT2D eigenvalue weighted by atomic mass is 9.96. The van der Waals surface area contributed by atoms with E-state index in [9.17, 15) is 5.11 Å². The van der Waals surface area contributed by atoms with Gasteiger partial charge in [-0.1, -0.05) is 30.3 Å². The maximum atomic E-state index is 10.6. The number of guanidine groups is 1. The number of benzene rings is 1. The summed E-state index contributed by atoms with van der Waals surface area (Å²) in [6.07, 6.45) is 1.86. The SMILES string of the molecule is CCNC(=NCc1ncc(C)s1)NCC(C)(O)c1ccccc1. The molecule has 3 N–H and O–H groups in total. The number of nitrogens with one attached hydrogen (secondary N) is 2. The van der Waals surface area contributed by atoms with Crippen molar-refractivity contribution in [3.8, 4) is 0 Å². The predicted octanol–water partition coefficient (Wildman–Crippen LogP) is 2.41. The van der Waals surface area contributed by atoms with Gasteiger partial charge >= 0.3 is 0 Å². The van der Waals surface area contributed by atoms with Gasteiger partial charge in [0.15, 0.2) is 5.96 Å². The molecule has 0 amide bonds. The molecular formula is C17H24N4OS. The average Bonchev–Trinajstić information content (AvgIpc) is 2.96. The topological polar surface area (TPSA) is 69.5 Å². The molecule has 0 aliphatic rings.